The van der Waals surface area contributed by atoms with Crippen LogP contribution < -0.4 is 0 Å². The summed E-state index contributed by atoms with van der Waals surface area (Å²) in [7, 11) is 0. The summed E-state index contributed by atoms with van der Waals surface area (Å²) in [5.41, 5.74) is 0. The van der Waals surface area contributed by atoms with Crippen molar-refractivity contribution in [2.45, 2.75) is 25.4 Å². The number of thioether (sulfide) groups is 1. The highest BCUT2D eigenvalue weighted by molar-refractivity contribution is 7.99. The molecule has 0 aliphatic carbocycles. The maximum absolute atomic E-state index is 5.50. The van der Waals surface area contributed by atoms with Crippen LogP contribution in [0.5, 0.6) is 0 Å². The minimum Gasteiger partial charge on any atom is -0.351 e. The Labute approximate surface area is 72.6 Å². The number of rotatable bonds is 2. The van der Waals surface area contributed by atoms with E-state index in [9.17, 15) is 0 Å². The van der Waals surface area contributed by atoms with Crippen LogP contribution in [-0.2, 0) is 9.47 Å². The van der Waals surface area contributed by atoms with Crippen LogP contribution in [0.1, 0.15) is 13.8 Å². The van der Waals surface area contributed by atoms with Crippen LogP contribution >= 0.6 is 11.8 Å². The van der Waals surface area contributed by atoms with Gasteiger partial charge < -0.3 is 9.47 Å². The molecule has 0 unspecified atom stereocenters. The van der Waals surface area contributed by atoms with E-state index in [0.29, 0.717) is 11.2 Å². The summed E-state index contributed by atoms with van der Waals surface area (Å²) in [5, 5.41) is 0.532. The molecule has 0 amide bonds. The van der Waals surface area contributed by atoms with Crippen LogP contribution in [0, 0.1) is 5.92 Å². The van der Waals surface area contributed by atoms with Gasteiger partial charge in [0.05, 0.1) is 18.5 Å². The third-order valence-corrected chi connectivity index (χ3v) is 2.71. The standard InChI is InChI=1S/C8H16O2S/c1-6(2)8-9-4-7(11-3)5-10-8/h6-8H,4-5H2,1-3H3. The predicted molar refractivity (Wildman–Crippen MR) is 47.8 cm³/mol. The Balaban J connectivity index is 2.24. The minimum absolute atomic E-state index is 0.0263. The number of hydrogen-bond donors (Lipinski definition) is 0. The Bertz CT molecular complexity index is 109. The highest BCUT2D eigenvalue weighted by atomic mass is 32.2. The first kappa shape index (κ1) is 9.36. The zero-order valence-electron chi connectivity index (χ0n) is 7.37. The van der Waals surface area contributed by atoms with Crippen molar-refractivity contribution in [2.75, 3.05) is 19.5 Å². The van der Waals surface area contributed by atoms with Gasteiger partial charge in [0, 0.05) is 5.92 Å². The summed E-state index contributed by atoms with van der Waals surface area (Å²) in [6.45, 7) is 5.90. The lowest BCUT2D eigenvalue weighted by Crippen LogP contribution is -2.36. The van der Waals surface area contributed by atoms with Gasteiger partial charge in [0.25, 0.3) is 0 Å². The average molecular weight is 176 g/mol. The van der Waals surface area contributed by atoms with Crippen LogP contribution in [-0.4, -0.2) is 31.0 Å². The normalized spacial score (nSPS) is 32.7. The topological polar surface area (TPSA) is 18.5 Å². The van der Waals surface area contributed by atoms with E-state index in [-0.39, 0.29) is 6.29 Å². The molecule has 0 atom stereocenters. The molecule has 1 fully saturated rings. The van der Waals surface area contributed by atoms with Gasteiger partial charge in [0.2, 0.25) is 0 Å². The van der Waals surface area contributed by atoms with Gasteiger partial charge in [0.15, 0.2) is 6.29 Å². The van der Waals surface area contributed by atoms with Crippen LogP contribution in [0.2, 0.25) is 0 Å². The van der Waals surface area contributed by atoms with Crippen molar-refractivity contribution in [1.82, 2.24) is 0 Å². The van der Waals surface area contributed by atoms with E-state index in [4.69, 9.17) is 9.47 Å². The molecule has 0 saturated carbocycles. The maximum atomic E-state index is 5.50. The molecule has 1 rings (SSSR count). The van der Waals surface area contributed by atoms with E-state index in [1.165, 1.54) is 0 Å². The quantitative estimate of drug-likeness (QED) is 0.638. The van der Waals surface area contributed by atoms with Gasteiger partial charge in [-0.15, -0.1) is 0 Å². The summed E-state index contributed by atoms with van der Waals surface area (Å²) in [5.74, 6) is 0.470. The maximum Gasteiger partial charge on any atom is 0.159 e. The van der Waals surface area contributed by atoms with E-state index in [0.717, 1.165) is 13.2 Å². The van der Waals surface area contributed by atoms with Gasteiger partial charge in [0.1, 0.15) is 0 Å². The number of hydrogen-bond acceptors (Lipinski definition) is 3. The summed E-state index contributed by atoms with van der Waals surface area (Å²) in [6, 6.07) is 0. The molecule has 0 aromatic heterocycles. The Hall–Kier alpha value is 0.270. The second-order valence-corrected chi connectivity index (χ2v) is 4.27. The molecule has 0 aromatic carbocycles. The monoisotopic (exact) mass is 176 g/mol. The summed E-state index contributed by atoms with van der Waals surface area (Å²) in [4.78, 5) is 0. The van der Waals surface area contributed by atoms with Crippen molar-refractivity contribution in [2.24, 2.45) is 5.92 Å². The zero-order valence-corrected chi connectivity index (χ0v) is 8.19. The molecule has 0 bridgehead atoms. The summed E-state index contributed by atoms with van der Waals surface area (Å²) >= 11 is 1.81. The zero-order chi connectivity index (χ0) is 8.27. The van der Waals surface area contributed by atoms with Crippen molar-refractivity contribution < 1.29 is 9.47 Å². The van der Waals surface area contributed by atoms with Gasteiger partial charge >= 0.3 is 0 Å². The van der Waals surface area contributed by atoms with Crippen LogP contribution in [0.4, 0.5) is 0 Å². The SMILES string of the molecule is CSC1COC(C(C)C)OC1. The molecule has 2 nitrogen and oxygen atoms in total. The Morgan fingerprint density at radius 2 is 1.82 bits per heavy atom. The van der Waals surface area contributed by atoms with Gasteiger partial charge in [-0.3, -0.25) is 0 Å². The average Bonchev–Trinajstić information content (AvgIpc) is 2.05. The molecule has 0 radical (unpaired) electrons. The molecule has 1 aliphatic rings. The number of ether oxygens (including phenoxy) is 2. The Kier molecular flexibility index (Phi) is 3.69. The highest BCUT2D eigenvalue weighted by Crippen LogP contribution is 2.19. The second kappa shape index (κ2) is 4.33. The molecule has 0 N–H and O–H groups in total. The summed E-state index contributed by atoms with van der Waals surface area (Å²) in [6.07, 6.45) is 2.12. The first-order valence-corrected chi connectivity index (χ1v) is 5.29. The first-order chi connectivity index (χ1) is 5.24. The summed E-state index contributed by atoms with van der Waals surface area (Å²) < 4.78 is 11.0. The minimum atomic E-state index is 0.0263. The molecule has 1 heterocycles. The van der Waals surface area contributed by atoms with E-state index in [1.807, 2.05) is 11.8 Å². The van der Waals surface area contributed by atoms with E-state index in [2.05, 4.69) is 20.1 Å². The van der Waals surface area contributed by atoms with Crippen molar-refractivity contribution >= 4 is 11.8 Å². The predicted octanol–water partition coefficient (Wildman–Crippen LogP) is 1.75. The van der Waals surface area contributed by atoms with E-state index < -0.39 is 0 Å². The first-order valence-electron chi connectivity index (χ1n) is 4.00. The van der Waals surface area contributed by atoms with Crippen LogP contribution in [0.15, 0.2) is 0 Å². The highest BCUT2D eigenvalue weighted by Gasteiger charge is 2.23. The molecule has 0 spiro atoms. The molecule has 3 heteroatoms. The smallest absolute Gasteiger partial charge is 0.159 e. The molecular weight excluding hydrogens is 160 g/mol. The second-order valence-electron chi connectivity index (χ2n) is 3.14. The van der Waals surface area contributed by atoms with Crippen molar-refractivity contribution in [1.29, 1.82) is 0 Å². The van der Waals surface area contributed by atoms with Gasteiger partial charge in [-0.1, -0.05) is 13.8 Å². The molecule has 0 aromatic rings. The molecule has 66 valence electrons. The molecule has 1 aliphatic heterocycles. The fourth-order valence-electron chi connectivity index (χ4n) is 1.02. The lowest BCUT2D eigenvalue weighted by Gasteiger charge is -2.30. The molecule has 1 saturated heterocycles. The van der Waals surface area contributed by atoms with Crippen LogP contribution in [0.25, 0.3) is 0 Å². The lowest BCUT2D eigenvalue weighted by molar-refractivity contribution is -0.196. The van der Waals surface area contributed by atoms with Crippen molar-refractivity contribution in [3.05, 3.63) is 0 Å². The van der Waals surface area contributed by atoms with Gasteiger partial charge in [-0.25, -0.2) is 0 Å². The molecule has 11 heavy (non-hydrogen) atoms. The van der Waals surface area contributed by atoms with E-state index >= 15 is 0 Å². The van der Waals surface area contributed by atoms with E-state index in [1.54, 1.807) is 0 Å². The van der Waals surface area contributed by atoms with Crippen molar-refractivity contribution in [3.8, 4) is 0 Å². The molecular formula is C8H16O2S. The Morgan fingerprint density at radius 1 is 1.27 bits per heavy atom. The van der Waals surface area contributed by atoms with Crippen LogP contribution in [0.3, 0.4) is 0 Å². The largest absolute Gasteiger partial charge is 0.351 e. The third-order valence-electron chi connectivity index (χ3n) is 1.77. The van der Waals surface area contributed by atoms with Gasteiger partial charge in [-0.05, 0) is 6.26 Å². The van der Waals surface area contributed by atoms with Crippen molar-refractivity contribution in [3.63, 3.8) is 0 Å². The fraction of sp³-hybridized carbons (Fsp3) is 1.00. The Morgan fingerprint density at radius 3 is 2.18 bits per heavy atom. The lowest BCUT2D eigenvalue weighted by atomic mass is 10.2. The van der Waals surface area contributed by atoms with Gasteiger partial charge in [-0.2, -0.15) is 11.8 Å². The fourth-order valence-corrected chi connectivity index (χ4v) is 1.45. The third kappa shape index (κ3) is 2.65.